The molecule has 37 heavy (non-hydrogen) atoms. The highest BCUT2D eigenvalue weighted by atomic mass is 16.1. The van der Waals surface area contributed by atoms with Crippen LogP contribution in [0.25, 0.3) is 50.9 Å². The predicted molar refractivity (Wildman–Crippen MR) is 156 cm³/mol. The van der Waals surface area contributed by atoms with Crippen molar-refractivity contribution in [3.63, 3.8) is 0 Å². The number of carbonyl (C=O) groups excluding carboxylic acids is 1. The Labute approximate surface area is 218 Å². The number of aryl methyl sites for hydroxylation is 3. The molecule has 0 fully saturated rings. The molecule has 0 amide bonds. The Hall–Kier alpha value is -3.99. The van der Waals surface area contributed by atoms with Gasteiger partial charge in [-0.1, -0.05) is 19.6 Å². The number of aldehydes is 1. The molecule has 8 bridgehead atoms. The van der Waals surface area contributed by atoms with Crippen molar-refractivity contribution in [2.24, 2.45) is 0 Å². The summed E-state index contributed by atoms with van der Waals surface area (Å²) in [5, 5.41) is 0. The lowest BCUT2D eigenvalue weighted by Crippen LogP contribution is -1.92. The van der Waals surface area contributed by atoms with Crippen LogP contribution in [0.15, 0.2) is 24.8 Å². The minimum absolute atomic E-state index is 0.466. The van der Waals surface area contributed by atoms with Crippen LogP contribution in [-0.2, 0) is 11.2 Å². The first-order valence-electron chi connectivity index (χ1n) is 13.0. The second-order valence-corrected chi connectivity index (χ2v) is 10.0. The monoisotopic (exact) mass is 490 g/mol. The Morgan fingerprint density at radius 2 is 1.57 bits per heavy atom. The van der Waals surface area contributed by atoms with Crippen molar-refractivity contribution in [3.8, 4) is 0 Å². The number of aromatic nitrogens is 4. The molecule has 0 saturated carbocycles. The minimum Gasteiger partial charge on any atom is -0.355 e. The lowest BCUT2D eigenvalue weighted by Gasteiger charge is -2.05. The highest BCUT2D eigenvalue weighted by Gasteiger charge is 2.21. The Morgan fingerprint density at radius 3 is 2.27 bits per heavy atom. The Kier molecular flexibility index (Phi) is 6.32. The van der Waals surface area contributed by atoms with Gasteiger partial charge in [-0.15, -0.1) is 0 Å². The normalized spacial score (nSPS) is 13.2. The minimum atomic E-state index is 0.466. The number of hydrogen-bond donors (Lipinski definition) is 2. The fourth-order valence-corrected chi connectivity index (χ4v) is 5.55. The molecular formula is C32H34N4O. The molecular weight excluding hydrogens is 456 g/mol. The number of hydrogen-bond acceptors (Lipinski definition) is 3. The van der Waals surface area contributed by atoms with Gasteiger partial charge in [-0.2, -0.15) is 0 Å². The second kappa shape index (κ2) is 9.47. The summed E-state index contributed by atoms with van der Waals surface area (Å²) < 4.78 is 0. The van der Waals surface area contributed by atoms with E-state index in [1.54, 1.807) is 0 Å². The van der Waals surface area contributed by atoms with Crippen LogP contribution in [0.5, 0.6) is 0 Å². The van der Waals surface area contributed by atoms with E-state index in [1.807, 2.05) is 6.08 Å². The summed E-state index contributed by atoms with van der Waals surface area (Å²) in [6.07, 6.45) is 7.09. The topological polar surface area (TPSA) is 74.4 Å². The van der Waals surface area contributed by atoms with Crippen LogP contribution in [0.1, 0.15) is 84.2 Å². The number of H-pyrrole nitrogens is 2. The Balaban J connectivity index is 1.98. The SMILES string of the molecule is C=Cc1c(C)c2cc3nc(c(C)c4nc(cc5[nH]c(cc1[nH]2)c(C)c5CC)C(C)=C4)C(CCC=O)=C3C. The van der Waals surface area contributed by atoms with Crippen molar-refractivity contribution >= 4 is 57.2 Å². The average molecular weight is 491 g/mol. The zero-order chi connectivity index (χ0) is 26.4. The molecule has 2 N–H and O–H groups in total. The molecule has 3 aromatic rings. The molecule has 0 radical (unpaired) electrons. The quantitative estimate of drug-likeness (QED) is 0.357. The first-order chi connectivity index (χ1) is 17.8. The van der Waals surface area contributed by atoms with E-state index in [1.165, 1.54) is 11.1 Å². The second-order valence-electron chi connectivity index (χ2n) is 10.0. The fraction of sp³-hybridized carbons (Fsp3) is 0.281. The van der Waals surface area contributed by atoms with E-state index in [2.05, 4.69) is 82.4 Å². The summed E-state index contributed by atoms with van der Waals surface area (Å²) >= 11 is 0. The lowest BCUT2D eigenvalue weighted by atomic mass is 9.98. The Bertz CT molecular complexity index is 1690. The molecule has 5 nitrogen and oxygen atoms in total. The third-order valence-corrected chi connectivity index (χ3v) is 7.83. The number of nitrogens with zero attached hydrogens (tertiary/aromatic N) is 2. The smallest absolute Gasteiger partial charge is 0.120 e. The van der Waals surface area contributed by atoms with E-state index in [9.17, 15) is 4.79 Å². The molecule has 0 aromatic carbocycles. The molecule has 0 unspecified atom stereocenters. The maximum Gasteiger partial charge on any atom is 0.120 e. The molecule has 0 atom stereocenters. The van der Waals surface area contributed by atoms with Crippen molar-refractivity contribution in [1.29, 1.82) is 0 Å². The number of fused-ring (bicyclic) bond motifs is 8. The molecule has 3 aromatic heterocycles. The summed E-state index contributed by atoms with van der Waals surface area (Å²) in [5.41, 5.74) is 17.1. The van der Waals surface area contributed by atoms with Gasteiger partial charge in [-0.05, 0) is 105 Å². The van der Waals surface area contributed by atoms with Gasteiger partial charge in [0.25, 0.3) is 0 Å². The summed E-state index contributed by atoms with van der Waals surface area (Å²) in [6.45, 7) is 16.9. The molecule has 188 valence electrons. The van der Waals surface area contributed by atoms with Crippen LogP contribution in [-0.4, -0.2) is 26.2 Å². The van der Waals surface area contributed by atoms with Crippen LogP contribution in [0, 0.1) is 20.8 Å². The molecule has 2 aliphatic rings. The van der Waals surface area contributed by atoms with Gasteiger partial charge in [-0.3, -0.25) is 0 Å². The zero-order valence-electron chi connectivity index (χ0n) is 22.6. The Morgan fingerprint density at radius 1 is 0.865 bits per heavy atom. The summed E-state index contributed by atoms with van der Waals surface area (Å²) in [4.78, 5) is 28.7. The maximum absolute atomic E-state index is 11.3. The number of rotatable bonds is 5. The van der Waals surface area contributed by atoms with E-state index in [4.69, 9.17) is 9.97 Å². The van der Waals surface area contributed by atoms with Gasteiger partial charge < -0.3 is 14.8 Å². The molecule has 0 aliphatic carbocycles. The first-order valence-corrected chi connectivity index (χ1v) is 13.0. The van der Waals surface area contributed by atoms with E-state index in [-0.39, 0.29) is 0 Å². The number of carbonyl (C=O) groups is 1. The van der Waals surface area contributed by atoms with Crippen LogP contribution in [0.4, 0.5) is 0 Å². The molecule has 0 saturated heterocycles. The zero-order valence-corrected chi connectivity index (χ0v) is 22.6. The third-order valence-electron chi connectivity index (χ3n) is 7.83. The van der Waals surface area contributed by atoms with E-state index >= 15 is 0 Å². The van der Waals surface area contributed by atoms with Gasteiger partial charge in [0.2, 0.25) is 0 Å². The van der Waals surface area contributed by atoms with Crippen LogP contribution in [0.3, 0.4) is 0 Å². The van der Waals surface area contributed by atoms with E-state index in [0.29, 0.717) is 12.8 Å². The maximum atomic E-state index is 11.3. The van der Waals surface area contributed by atoms with Gasteiger partial charge in [0.05, 0.1) is 22.8 Å². The van der Waals surface area contributed by atoms with Crippen molar-refractivity contribution in [1.82, 2.24) is 19.9 Å². The summed E-state index contributed by atoms with van der Waals surface area (Å²) in [7, 11) is 0. The van der Waals surface area contributed by atoms with Gasteiger partial charge in [0, 0.05) is 39.6 Å². The van der Waals surface area contributed by atoms with Gasteiger partial charge in [0.1, 0.15) is 6.29 Å². The van der Waals surface area contributed by atoms with Gasteiger partial charge in [-0.25, -0.2) is 9.97 Å². The largest absolute Gasteiger partial charge is 0.355 e. The fourth-order valence-electron chi connectivity index (χ4n) is 5.55. The standard InChI is InChI=1S/C32H34N4O/c1-8-22-19(5)28-16-31-23(9-2)18(4)27(34-31)15-29-20(6)24(11-10-12-37)32(36-29)21(7)26-13-17(3)25(33-26)14-30(22)35-28/h9,12-16,34-35H,2,8,10-11H2,1,3-7H3. The highest BCUT2D eigenvalue weighted by molar-refractivity contribution is 5.95. The number of nitrogens with one attached hydrogen (secondary N) is 2. The van der Waals surface area contributed by atoms with Gasteiger partial charge >= 0.3 is 0 Å². The number of allylic oxidation sites excluding steroid dienone is 3. The first kappa shape index (κ1) is 24.7. The van der Waals surface area contributed by atoms with Crippen molar-refractivity contribution in [2.45, 2.75) is 60.8 Å². The summed E-state index contributed by atoms with van der Waals surface area (Å²) in [6, 6.07) is 6.46. The average Bonchev–Trinajstić information content (AvgIpc) is 3.57. The van der Waals surface area contributed by atoms with Crippen LogP contribution >= 0.6 is 0 Å². The van der Waals surface area contributed by atoms with Gasteiger partial charge in [0.15, 0.2) is 0 Å². The molecule has 5 rings (SSSR count). The van der Waals surface area contributed by atoms with Crippen molar-refractivity contribution in [3.05, 3.63) is 75.4 Å². The van der Waals surface area contributed by atoms with Crippen molar-refractivity contribution in [2.75, 3.05) is 0 Å². The molecule has 5 heterocycles. The lowest BCUT2D eigenvalue weighted by molar-refractivity contribution is -0.107. The summed E-state index contributed by atoms with van der Waals surface area (Å²) in [5.74, 6) is 0. The molecule has 0 spiro atoms. The van der Waals surface area contributed by atoms with Crippen LogP contribution in [0.2, 0.25) is 0 Å². The molecule has 2 aliphatic heterocycles. The molecule has 5 heteroatoms. The highest BCUT2D eigenvalue weighted by Crippen LogP contribution is 2.37. The predicted octanol–water partition coefficient (Wildman–Crippen LogP) is 7.92. The number of aromatic amines is 2. The van der Waals surface area contributed by atoms with E-state index in [0.717, 1.165) is 91.0 Å². The van der Waals surface area contributed by atoms with E-state index < -0.39 is 0 Å². The van der Waals surface area contributed by atoms with Crippen molar-refractivity contribution < 1.29 is 4.79 Å². The van der Waals surface area contributed by atoms with Crippen LogP contribution < -0.4 is 0 Å². The third kappa shape index (κ3) is 4.08.